The van der Waals surface area contributed by atoms with Crippen LogP contribution >= 0.6 is 22.7 Å². The van der Waals surface area contributed by atoms with Gasteiger partial charge in [-0.25, -0.2) is 0 Å². The number of phenolic OH excluding ortho intramolecular Hbond substituents is 1. The van der Waals surface area contributed by atoms with Gasteiger partial charge in [-0.3, -0.25) is 9.59 Å². The van der Waals surface area contributed by atoms with Crippen LogP contribution in [-0.4, -0.2) is 88.9 Å². The van der Waals surface area contributed by atoms with Gasteiger partial charge < -0.3 is 35.1 Å². The van der Waals surface area contributed by atoms with E-state index in [-0.39, 0.29) is 22.1 Å². The highest BCUT2D eigenvalue weighted by atomic mass is 32.1. The van der Waals surface area contributed by atoms with Crippen molar-refractivity contribution in [2.45, 2.75) is 75.9 Å². The van der Waals surface area contributed by atoms with Gasteiger partial charge in [0.2, 0.25) is 5.91 Å². The highest BCUT2D eigenvalue weighted by molar-refractivity contribution is 7.16. The molecule has 0 aliphatic carbocycles. The number of aromatic hydroxyl groups is 1. The van der Waals surface area contributed by atoms with Crippen molar-refractivity contribution in [3.8, 4) is 5.75 Å². The number of thiophene rings is 1. The average Bonchev–Trinajstić information content (AvgIpc) is 3.67. The van der Waals surface area contributed by atoms with Crippen LogP contribution in [0.3, 0.4) is 0 Å². The smallest absolute Gasteiger partial charge is 0.305 e. The Morgan fingerprint density at radius 2 is 1.84 bits per heavy atom. The van der Waals surface area contributed by atoms with E-state index in [0.29, 0.717) is 41.9 Å². The lowest BCUT2D eigenvalue weighted by Gasteiger charge is -2.47. The number of nitrogens with zero attached hydrogens (tertiary/aromatic N) is 2. The van der Waals surface area contributed by atoms with Crippen LogP contribution in [-0.2, 0) is 16.0 Å². The fraction of sp³-hybridized carbons (Fsp3) is 0.625. The molecule has 0 radical (unpaired) electrons. The van der Waals surface area contributed by atoms with Crippen molar-refractivity contribution in [3.63, 3.8) is 0 Å². The Bertz CT molecular complexity index is 1350. The first-order valence-corrected chi connectivity index (χ1v) is 17.6. The molecule has 9 nitrogen and oxygen atoms in total. The Morgan fingerprint density at radius 1 is 1.07 bits per heavy atom. The van der Waals surface area contributed by atoms with Gasteiger partial charge in [0.15, 0.2) is 0 Å². The van der Waals surface area contributed by atoms with Crippen molar-refractivity contribution < 1.29 is 19.7 Å². The zero-order chi connectivity index (χ0) is 30.1. The van der Waals surface area contributed by atoms with Crippen LogP contribution in [0.5, 0.6) is 5.75 Å². The number of piperidine rings is 1. The van der Waals surface area contributed by atoms with Gasteiger partial charge in [-0.05, 0) is 67.2 Å². The maximum atomic E-state index is 12.8. The Balaban J connectivity index is 0.874. The van der Waals surface area contributed by atoms with Crippen LogP contribution in [0.4, 0.5) is 0 Å². The number of aromatic nitrogens is 1. The number of carbonyl (C=O) groups excluding carboxylic acids is 1. The van der Waals surface area contributed by atoms with Crippen molar-refractivity contribution in [1.29, 1.82) is 0 Å². The van der Waals surface area contributed by atoms with Crippen LogP contribution in [0.15, 0.2) is 33.8 Å². The summed E-state index contributed by atoms with van der Waals surface area (Å²) in [4.78, 5) is 31.5. The second kappa shape index (κ2) is 15.6. The minimum atomic E-state index is -0.726. The molecule has 2 aliphatic rings. The van der Waals surface area contributed by atoms with E-state index in [2.05, 4.69) is 20.6 Å². The average molecular weight is 631 g/mol. The number of fused-ring (bicyclic) bond motifs is 1. The van der Waals surface area contributed by atoms with Gasteiger partial charge in [-0.1, -0.05) is 49.5 Å². The van der Waals surface area contributed by atoms with Crippen molar-refractivity contribution in [2.75, 3.05) is 52.4 Å². The number of carbonyl (C=O) groups is 1. The minimum Gasteiger partial charge on any atom is -0.506 e. The number of amides is 1. The number of aliphatic hydroxyl groups excluding tert-OH is 1. The predicted octanol–water partition coefficient (Wildman–Crippen LogP) is 4.65. The van der Waals surface area contributed by atoms with E-state index >= 15 is 0 Å². The van der Waals surface area contributed by atoms with E-state index in [1.165, 1.54) is 44.6 Å². The summed E-state index contributed by atoms with van der Waals surface area (Å²) >= 11 is 2.66. The first-order chi connectivity index (χ1) is 20.9. The van der Waals surface area contributed by atoms with E-state index in [1.54, 1.807) is 17.4 Å². The lowest BCUT2D eigenvalue weighted by Crippen LogP contribution is -2.58. The maximum Gasteiger partial charge on any atom is 0.305 e. The number of H-pyrrole nitrogens is 1. The number of rotatable bonds is 15. The zero-order valence-electron chi connectivity index (χ0n) is 25.0. The fourth-order valence-corrected chi connectivity index (χ4v) is 7.93. The van der Waals surface area contributed by atoms with Crippen molar-refractivity contribution in [2.24, 2.45) is 0 Å². The monoisotopic (exact) mass is 630 g/mol. The highest BCUT2D eigenvalue weighted by Crippen LogP contribution is 2.32. The summed E-state index contributed by atoms with van der Waals surface area (Å²) in [6.45, 7) is 6.61. The number of benzene rings is 1. The number of likely N-dealkylation sites (tertiary alicyclic amines) is 1. The van der Waals surface area contributed by atoms with Gasteiger partial charge in [-0.15, -0.1) is 0 Å². The van der Waals surface area contributed by atoms with Gasteiger partial charge >= 0.3 is 4.87 Å². The molecule has 1 unspecified atom stereocenters. The van der Waals surface area contributed by atoms with Crippen LogP contribution < -0.4 is 10.2 Å². The van der Waals surface area contributed by atoms with Crippen LogP contribution in [0, 0.1) is 0 Å². The fourth-order valence-electron chi connectivity index (χ4n) is 6.34. The first kappa shape index (κ1) is 32.1. The standard InChI is InChI=1S/C32H46N4O5S2/c37-26-9-8-25(30-29(26)34-31(40)43-30)27(38)21-33-13-6-4-2-1-3-5-7-14-35-15-11-32(12-16-35)23-36(17-18-41-32)28(39)20-24-10-19-42-22-24/h8-10,19,22,27,33,37-38H,1-7,11-18,20-21,23H2,(H,34,40). The molecule has 1 amide bonds. The summed E-state index contributed by atoms with van der Waals surface area (Å²) in [7, 11) is 0. The van der Waals surface area contributed by atoms with Crippen molar-refractivity contribution in [3.05, 3.63) is 49.8 Å². The summed E-state index contributed by atoms with van der Waals surface area (Å²) in [5.74, 6) is 0.252. The van der Waals surface area contributed by atoms with Crippen LogP contribution in [0.25, 0.3) is 10.2 Å². The van der Waals surface area contributed by atoms with Gasteiger partial charge in [-0.2, -0.15) is 11.3 Å². The number of morpholine rings is 1. The molecule has 2 aromatic heterocycles. The van der Waals surface area contributed by atoms with E-state index in [9.17, 15) is 19.8 Å². The second-order valence-corrected chi connectivity index (χ2v) is 13.8. The Morgan fingerprint density at radius 3 is 2.60 bits per heavy atom. The molecular formula is C32H46N4O5S2. The number of nitrogens with one attached hydrogen (secondary N) is 2. The van der Waals surface area contributed by atoms with Gasteiger partial charge in [0.1, 0.15) is 11.3 Å². The predicted molar refractivity (Wildman–Crippen MR) is 173 cm³/mol. The second-order valence-electron chi connectivity index (χ2n) is 12.1. The lowest BCUT2D eigenvalue weighted by molar-refractivity contribution is -0.159. The number of aliphatic hydroxyl groups is 1. The summed E-state index contributed by atoms with van der Waals surface area (Å²) in [5, 5.41) is 27.9. The molecule has 2 saturated heterocycles. The Labute approximate surface area is 261 Å². The molecule has 1 spiro atoms. The van der Waals surface area contributed by atoms with Gasteiger partial charge in [0, 0.05) is 38.3 Å². The van der Waals surface area contributed by atoms with Crippen molar-refractivity contribution >= 4 is 38.8 Å². The summed E-state index contributed by atoms with van der Waals surface area (Å²) in [6.07, 6.45) is 10.3. The van der Waals surface area contributed by atoms with E-state index in [4.69, 9.17) is 4.74 Å². The molecule has 11 heteroatoms. The first-order valence-electron chi connectivity index (χ1n) is 15.8. The molecule has 236 valence electrons. The molecule has 5 rings (SSSR count). The molecule has 0 saturated carbocycles. The normalized spacial score (nSPS) is 18.0. The summed E-state index contributed by atoms with van der Waals surface area (Å²) in [6, 6.07) is 5.25. The third-order valence-corrected chi connectivity index (χ3v) is 10.6. The number of phenols is 1. The zero-order valence-corrected chi connectivity index (χ0v) is 26.7. The lowest BCUT2D eigenvalue weighted by atomic mass is 9.89. The van der Waals surface area contributed by atoms with Gasteiger partial charge in [0.05, 0.1) is 29.4 Å². The molecule has 2 fully saturated rings. The molecule has 0 bridgehead atoms. The molecule has 4 N–H and O–H groups in total. The number of ether oxygens (including phenoxy) is 1. The third kappa shape index (κ3) is 8.89. The molecule has 3 aromatic rings. The van der Waals surface area contributed by atoms with Crippen LogP contribution in [0.2, 0.25) is 0 Å². The maximum absolute atomic E-state index is 12.8. The van der Waals surface area contributed by atoms with E-state index < -0.39 is 6.10 Å². The molecule has 43 heavy (non-hydrogen) atoms. The Kier molecular flexibility index (Phi) is 11.7. The number of hydrogen-bond acceptors (Lipinski definition) is 9. The quantitative estimate of drug-likeness (QED) is 0.181. The largest absolute Gasteiger partial charge is 0.506 e. The molecular weight excluding hydrogens is 585 g/mol. The molecule has 4 heterocycles. The van der Waals surface area contributed by atoms with E-state index in [1.807, 2.05) is 16.3 Å². The molecule has 1 atom stereocenters. The molecule has 2 aliphatic heterocycles. The highest BCUT2D eigenvalue weighted by Gasteiger charge is 2.40. The minimum absolute atomic E-state index is 0.0267. The number of thiazole rings is 1. The SMILES string of the molecule is O=C(Cc1ccsc1)N1CCOC2(CCN(CCCCCCCCCNCC(O)c3ccc(O)c4[nH]c(=O)sc34)CC2)C1. The number of hydrogen-bond donors (Lipinski definition) is 4. The summed E-state index contributed by atoms with van der Waals surface area (Å²) < 4.78 is 6.89. The topological polar surface area (TPSA) is 118 Å². The summed E-state index contributed by atoms with van der Waals surface area (Å²) in [5.41, 5.74) is 2.02. The van der Waals surface area contributed by atoms with Gasteiger partial charge in [0.25, 0.3) is 0 Å². The van der Waals surface area contributed by atoms with Crippen molar-refractivity contribution in [1.82, 2.24) is 20.1 Å². The third-order valence-electron chi connectivity index (χ3n) is 8.92. The molecule has 1 aromatic carbocycles. The number of aromatic amines is 1. The van der Waals surface area contributed by atoms with Crippen LogP contribution in [0.1, 0.15) is 75.0 Å². The number of unbranched alkanes of at least 4 members (excludes halogenated alkanes) is 6. The Hall–Kier alpha value is -2.28. The van der Waals surface area contributed by atoms with E-state index in [0.717, 1.165) is 68.9 Å².